The Balaban J connectivity index is 2.15. The molecule has 0 heterocycles. The highest BCUT2D eigenvalue weighted by atomic mass is 35.5. The van der Waals surface area contributed by atoms with Gasteiger partial charge in [0.05, 0.1) is 11.1 Å². The van der Waals surface area contributed by atoms with E-state index in [0.29, 0.717) is 21.9 Å². The van der Waals surface area contributed by atoms with Crippen molar-refractivity contribution in [2.24, 2.45) is 10.9 Å². The number of benzene rings is 2. The topological polar surface area (TPSA) is 126 Å². The van der Waals surface area contributed by atoms with Gasteiger partial charge in [0.1, 0.15) is 11.8 Å². The maximum absolute atomic E-state index is 12.7. The van der Waals surface area contributed by atoms with Gasteiger partial charge in [-0.25, -0.2) is 0 Å². The summed E-state index contributed by atoms with van der Waals surface area (Å²) in [5.74, 6) is -0.305. The third-order valence-electron chi connectivity index (χ3n) is 4.22. The molecular formula is C21H25ClN4O4. The van der Waals surface area contributed by atoms with Gasteiger partial charge in [-0.1, -0.05) is 41.0 Å². The third kappa shape index (κ3) is 6.12. The summed E-state index contributed by atoms with van der Waals surface area (Å²) in [6, 6.07) is 10.7. The fraction of sp³-hybridized carbons (Fsp3) is 0.286. The second-order valence-corrected chi connectivity index (χ2v) is 7.25. The second-order valence-electron chi connectivity index (χ2n) is 6.84. The van der Waals surface area contributed by atoms with Crippen molar-refractivity contribution in [3.8, 4) is 5.75 Å². The summed E-state index contributed by atoms with van der Waals surface area (Å²) >= 11 is 6.20. The van der Waals surface area contributed by atoms with Crippen molar-refractivity contribution in [2.45, 2.75) is 32.4 Å². The smallest absolute Gasteiger partial charge is 0.251 e. The number of amidine groups is 1. The van der Waals surface area contributed by atoms with Crippen LogP contribution in [0.5, 0.6) is 5.75 Å². The normalized spacial score (nSPS) is 12.4. The largest absolute Gasteiger partial charge is 0.489 e. The molecule has 0 saturated heterocycles. The van der Waals surface area contributed by atoms with Gasteiger partial charge in [0.2, 0.25) is 5.91 Å². The molecule has 0 spiro atoms. The van der Waals surface area contributed by atoms with E-state index in [1.54, 1.807) is 36.4 Å². The van der Waals surface area contributed by atoms with Crippen molar-refractivity contribution < 1.29 is 19.5 Å². The van der Waals surface area contributed by atoms with E-state index >= 15 is 0 Å². The van der Waals surface area contributed by atoms with Gasteiger partial charge >= 0.3 is 0 Å². The number of nitrogens with two attached hydrogens (primary N) is 1. The van der Waals surface area contributed by atoms with E-state index in [1.165, 1.54) is 13.1 Å². The first-order chi connectivity index (χ1) is 14.2. The average molecular weight is 433 g/mol. The van der Waals surface area contributed by atoms with Crippen LogP contribution in [0.1, 0.15) is 35.3 Å². The van der Waals surface area contributed by atoms with Gasteiger partial charge in [0.25, 0.3) is 5.91 Å². The summed E-state index contributed by atoms with van der Waals surface area (Å²) < 4.78 is 5.57. The second kappa shape index (κ2) is 10.5. The van der Waals surface area contributed by atoms with Gasteiger partial charge in [-0.3, -0.25) is 9.59 Å². The number of amides is 2. The number of hydrogen-bond acceptors (Lipinski definition) is 5. The van der Waals surface area contributed by atoms with Crippen LogP contribution in [0.25, 0.3) is 0 Å². The molecule has 0 fully saturated rings. The first-order valence-corrected chi connectivity index (χ1v) is 9.68. The highest BCUT2D eigenvalue weighted by molar-refractivity contribution is 6.32. The van der Waals surface area contributed by atoms with Crippen LogP contribution in [0.2, 0.25) is 5.02 Å². The minimum Gasteiger partial charge on any atom is -0.489 e. The van der Waals surface area contributed by atoms with Crippen LogP contribution >= 0.6 is 11.6 Å². The molecule has 0 aliphatic carbocycles. The van der Waals surface area contributed by atoms with Gasteiger partial charge in [-0.15, -0.1) is 0 Å². The zero-order valence-electron chi connectivity index (χ0n) is 17.0. The van der Waals surface area contributed by atoms with E-state index in [4.69, 9.17) is 27.3 Å². The number of halogens is 1. The molecule has 5 N–H and O–H groups in total. The number of nitrogens with zero attached hydrogens (tertiary/aromatic N) is 1. The Morgan fingerprint density at radius 2 is 1.80 bits per heavy atom. The maximum Gasteiger partial charge on any atom is 0.251 e. The van der Waals surface area contributed by atoms with Crippen molar-refractivity contribution in [2.75, 3.05) is 7.05 Å². The monoisotopic (exact) mass is 432 g/mol. The standard InChI is InChI=1S/C21H25ClN4O4/c1-12(2)30-18-9-8-15(11-16(18)22)20(27)25-17(21(28)24-3)10-13-4-6-14(7-5-13)19(23)26-29/h4-9,11-12,17,29H,10H2,1-3H3,(H2,23,26)(H,24,28)(H,25,27)/t17-/m0/s1. The molecule has 2 aromatic carbocycles. The number of rotatable bonds is 8. The lowest BCUT2D eigenvalue weighted by molar-refractivity contribution is -0.122. The maximum atomic E-state index is 12.7. The molecule has 9 heteroatoms. The van der Waals surface area contributed by atoms with E-state index in [1.807, 2.05) is 13.8 Å². The Hall–Kier alpha value is -3.26. The molecule has 0 aromatic heterocycles. The zero-order chi connectivity index (χ0) is 22.3. The molecule has 2 rings (SSSR count). The molecule has 0 aliphatic rings. The number of ether oxygens (including phenoxy) is 1. The Bertz CT molecular complexity index is 929. The minimum atomic E-state index is -0.803. The quantitative estimate of drug-likeness (QED) is 0.220. The number of likely N-dealkylation sites (N-methyl/N-ethyl adjacent to an activating group) is 1. The number of hydrogen-bond donors (Lipinski definition) is 4. The van der Waals surface area contributed by atoms with Crippen LogP contribution in [0.15, 0.2) is 47.6 Å². The molecule has 30 heavy (non-hydrogen) atoms. The molecule has 0 aliphatic heterocycles. The molecule has 0 unspecified atom stereocenters. The zero-order valence-corrected chi connectivity index (χ0v) is 17.7. The van der Waals surface area contributed by atoms with Crippen molar-refractivity contribution in [1.29, 1.82) is 0 Å². The number of carbonyl (C=O) groups excluding carboxylic acids is 2. The lowest BCUT2D eigenvalue weighted by Crippen LogP contribution is -2.47. The molecule has 8 nitrogen and oxygen atoms in total. The summed E-state index contributed by atoms with van der Waals surface area (Å²) in [7, 11) is 1.50. The van der Waals surface area contributed by atoms with Crippen LogP contribution in [-0.4, -0.2) is 42.1 Å². The Morgan fingerprint density at radius 1 is 1.17 bits per heavy atom. The predicted molar refractivity (Wildman–Crippen MR) is 115 cm³/mol. The summed E-state index contributed by atoms with van der Waals surface area (Å²) in [5.41, 5.74) is 7.20. The van der Waals surface area contributed by atoms with Crippen molar-refractivity contribution >= 4 is 29.3 Å². The van der Waals surface area contributed by atoms with Crippen molar-refractivity contribution in [3.63, 3.8) is 0 Å². The van der Waals surface area contributed by atoms with E-state index in [9.17, 15) is 9.59 Å². The molecule has 160 valence electrons. The fourth-order valence-corrected chi connectivity index (χ4v) is 2.95. The molecule has 0 radical (unpaired) electrons. The van der Waals surface area contributed by atoms with E-state index in [0.717, 1.165) is 5.56 Å². The molecular weight excluding hydrogens is 408 g/mol. The number of carbonyl (C=O) groups is 2. The predicted octanol–water partition coefficient (Wildman–Crippen LogP) is 2.31. The van der Waals surface area contributed by atoms with E-state index < -0.39 is 11.9 Å². The van der Waals surface area contributed by atoms with Crippen LogP contribution in [0.4, 0.5) is 0 Å². The average Bonchev–Trinajstić information content (AvgIpc) is 2.73. The van der Waals surface area contributed by atoms with Gasteiger partial charge in [0.15, 0.2) is 5.84 Å². The van der Waals surface area contributed by atoms with Gasteiger partial charge in [-0.05, 0) is 37.6 Å². The summed E-state index contributed by atoms with van der Waals surface area (Å²) in [4.78, 5) is 25.0. The minimum absolute atomic E-state index is 0.0144. The van der Waals surface area contributed by atoms with Crippen LogP contribution in [0, 0.1) is 0 Å². The summed E-state index contributed by atoms with van der Waals surface area (Å²) in [5, 5.41) is 17.3. The molecule has 2 aromatic rings. The lowest BCUT2D eigenvalue weighted by atomic mass is 10.0. The van der Waals surface area contributed by atoms with Gasteiger partial charge in [-0.2, -0.15) is 0 Å². The molecule has 0 bridgehead atoms. The lowest BCUT2D eigenvalue weighted by Gasteiger charge is -2.18. The van der Waals surface area contributed by atoms with Crippen LogP contribution < -0.4 is 21.1 Å². The Kier molecular flexibility index (Phi) is 8.06. The summed E-state index contributed by atoms with van der Waals surface area (Å²) in [6.45, 7) is 3.75. The first kappa shape index (κ1) is 23.0. The SMILES string of the molecule is CNC(=O)[C@H](Cc1ccc(/C(N)=N/O)cc1)NC(=O)c1ccc(OC(C)C)c(Cl)c1. The van der Waals surface area contributed by atoms with E-state index in [2.05, 4.69) is 15.8 Å². The molecule has 0 saturated carbocycles. The van der Waals surface area contributed by atoms with Gasteiger partial charge < -0.3 is 26.3 Å². The van der Waals surface area contributed by atoms with Gasteiger partial charge in [0, 0.05) is 24.6 Å². The highest BCUT2D eigenvalue weighted by Gasteiger charge is 2.21. The van der Waals surface area contributed by atoms with Crippen molar-refractivity contribution in [1.82, 2.24) is 10.6 Å². The molecule has 1 atom stereocenters. The van der Waals surface area contributed by atoms with Crippen LogP contribution in [0.3, 0.4) is 0 Å². The Morgan fingerprint density at radius 3 is 2.33 bits per heavy atom. The van der Waals surface area contributed by atoms with Crippen LogP contribution in [-0.2, 0) is 11.2 Å². The third-order valence-corrected chi connectivity index (χ3v) is 4.52. The number of oxime groups is 1. The molecule has 2 amide bonds. The summed E-state index contributed by atoms with van der Waals surface area (Å²) in [6.07, 6.45) is 0.203. The Labute approximate surface area is 180 Å². The van der Waals surface area contributed by atoms with Crippen molar-refractivity contribution in [3.05, 3.63) is 64.2 Å². The number of nitrogens with one attached hydrogen (secondary N) is 2. The fourth-order valence-electron chi connectivity index (χ4n) is 2.72. The highest BCUT2D eigenvalue weighted by Crippen LogP contribution is 2.26. The first-order valence-electron chi connectivity index (χ1n) is 9.30. The van der Waals surface area contributed by atoms with E-state index in [-0.39, 0.29) is 24.3 Å².